The molecular weight excluding hydrogens is 435 g/mol. The molecule has 2 aliphatic heterocycles. The normalized spacial score (nSPS) is 20.7. The molecule has 10 nitrogen and oxygen atoms in total. The van der Waals surface area contributed by atoms with Gasteiger partial charge in [-0.15, -0.1) is 0 Å². The summed E-state index contributed by atoms with van der Waals surface area (Å²) in [7, 11) is 0. The van der Waals surface area contributed by atoms with Crippen LogP contribution in [0.1, 0.15) is 27.2 Å². The maximum atomic E-state index is 14.9. The first kappa shape index (κ1) is 22.7. The summed E-state index contributed by atoms with van der Waals surface area (Å²) in [6.45, 7) is 6.77. The molecule has 2 aliphatic rings. The zero-order valence-electron chi connectivity index (χ0n) is 18.7. The molecule has 2 amide bonds. The number of rotatable bonds is 6. The highest BCUT2D eigenvalue weighted by Crippen LogP contribution is 2.30. The fourth-order valence-corrected chi connectivity index (χ4v) is 3.76. The van der Waals surface area contributed by atoms with Crippen LogP contribution in [0.5, 0.6) is 5.88 Å². The van der Waals surface area contributed by atoms with Gasteiger partial charge in [-0.2, -0.15) is 0 Å². The molecule has 2 fully saturated rings. The van der Waals surface area contributed by atoms with E-state index >= 15 is 0 Å². The van der Waals surface area contributed by atoms with E-state index in [4.69, 9.17) is 14.2 Å². The molecule has 1 aromatic heterocycles. The Kier molecular flexibility index (Phi) is 6.30. The van der Waals surface area contributed by atoms with Crippen molar-refractivity contribution >= 4 is 23.6 Å². The molecule has 11 heteroatoms. The van der Waals surface area contributed by atoms with Gasteiger partial charge in [0.15, 0.2) is 6.10 Å². The van der Waals surface area contributed by atoms with Crippen LogP contribution in [-0.4, -0.2) is 61.3 Å². The number of cyclic esters (lactones) is 1. The second-order valence-electron chi connectivity index (χ2n) is 8.98. The van der Waals surface area contributed by atoms with Gasteiger partial charge in [-0.3, -0.25) is 4.90 Å². The Morgan fingerprint density at radius 1 is 1.30 bits per heavy atom. The number of carbonyl (C=O) groups excluding carboxylic acids is 2. The number of aromatic nitrogens is 1. The van der Waals surface area contributed by atoms with Crippen LogP contribution in [0.4, 0.5) is 25.4 Å². The lowest BCUT2D eigenvalue weighted by Crippen LogP contribution is -2.40. The van der Waals surface area contributed by atoms with Gasteiger partial charge in [-0.05, 0) is 50.5 Å². The zero-order valence-corrected chi connectivity index (χ0v) is 18.7. The van der Waals surface area contributed by atoms with Gasteiger partial charge >= 0.3 is 12.2 Å². The van der Waals surface area contributed by atoms with Gasteiger partial charge < -0.3 is 29.0 Å². The number of amides is 2. The smallest absolute Gasteiger partial charge is 0.414 e. The van der Waals surface area contributed by atoms with Gasteiger partial charge in [0.1, 0.15) is 24.3 Å². The number of alkyl carbamates (subject to hydrolysis) is 1. The minimum atomic E-state index is -0.581. The Morgan fingerprint density at radius 3 is 2.82 bits per heavy atom. The van der Waals surface area contributed by atoms with Crippen molar-refractivity contribution in [1.29, 1.82) is 0 Å². The standard InChI is InChI=1S/C22H27FN4O6/c1-22(2,3)33-20(28)24-14-6-8-26(11-14)18-5-4-15(10-17(18)23)27-12-16(32-21(27)29)13-30-19-7-9-31-25-19/h4-5,7,9-10,14,16H,6,8,11-13H2,1-3H3,(H,24,28)/t14-,16?/m0/s1. The second kappa shape index (κ2) is 9.16. The van der Waals surface area contributed by atoms with E-state index in [1.807, 2.05) is 4.90 Å². The fraction of sp³-hybridized carbons (Fsp3) is 0.500. The van der Waals surface area contributed by atoms with Gasteiger partial charge in [-0.1, -0.05) is 0 Å². The van der Waals surface area contributed by atoms with E-state index in [9.17, 15) is 14.0 Å². The molecule has 0 aliphatic carbocycles. The van der Waals surface area contributed by atoms with E-state index in [1.54, 1.807) is 39.0 Å². The molecule has 1 N–H and O–H groups in total. The Morgan fingerprint density at radius 2 is 2.12 bits per heavy atom. The fourth-order valence-electron chi connectivity index (χ4n) is 3.76. The number of nitrogens with zero attached hydrogens (tertiary/aromatic N) is 3. The van der Waals surface area contributed by atoms with E-state index < -0.39 is 29.7 Å². The van der Waals surface area contributed by atoms with Crippen LogP contribution < -0.4 is 19.9 Å². The number of halogens is 1. The van der Waals surface area contributed by atoms with Crippen molar-refractivity contribution in [3.63, 3.8) is 0 Å². The monoisotopic (exact) mass is 462 g/mol. The summed E-state index contributed by atoms with van der Waals surface area (Å²) >= 11 is 0. The lowest BCUT2D eigenvalue weighted by molar-refractivity contribution is 0.0509. The SMILES string of the molecule is CC(C)(C)OC(=O)N[C@H]1CCN(c2ccc(N3CC(COc4ccon4)OC3=O)cc2F)C1. The van der Waals surface area contributed by atoms with Crippen molar-refractivity contribution < 1.29 is 32.7 Å². The molecule has 2 atom stereocenters. The van der Waals surface area contributed by atoms with Crippen LogP contribution >= 0.6 is 0 Å². The molecule has 0 bridgehead atoms. The number of ether oxygens (including phenoxy) is 3. The summed E-state index contributed by atoms with van der Waals surface area (Å²) in [6, 6.07) is 6.03. The first-order valence-corrected chi connectivity index (χ1v) is 10.7. The average Bonchev–Trinajstić information content (AvgIpc) is 3.46. The number of nitrogens with one attached hydrogen (secondary N) is 1. The Balaban J connectivity index is 1.33. The first-order valence-electron chi connectivity index (χ1n) is 10.7. The molecule has 1 aromatic carbocycles. The molecule has 0 radical (unpaired) electrons. The highest BCUT2D eigenvalue weighted by molar-refractivity contribution is 5.90. The highest BCUT2D eigenvalue weighted by atomic mass is 19.1. The number of anilines is 2. The highest BCUT2D eigenvalue weighted by Gasteiger charge is 2.34. The number of carbonyl (C=O) groups is 2. The topological polar surface area (TPSA) is 106 Å². The molecule has 3 heterocycles. The second-order valence-corrected chi connectivity index (χ2v) is 8.98. The van der Waals surface area contributed by atoms with Crippen molar-refractivity contribution in [3.8, 4) is 5.88 Å². The molecule has 1 unspecified atom stereocenters. The van der Waals surface area contributed by atoms with E-state index in [0.29, 0.717) is 36.8 Å². The van der Waals surface area contributed by atoms with E-state index in [2.05, 4.69) is 15.0 Å². The third-order valence-corrected chi connectivity index (χ3v) is 5.20. The Hall–Kier alpha value is -3.50. The van der Waals surface area contributed by atoms with Crippen molar-refractivity contribution in [2.45, 2.75) is 44.9 Å². The average molecular weight is 462 g/mol. The van der Waals surface area contributed by atoms with E-state index in [0.717, 1.165) is 0 Å². The molecule has 33 heavy (non-hydrogen) atoms. The Labute approximate surface area is 190 Å². The molecule has 2 saturated heterocycles. The van der Waals surface area contributed by atoms with Crippen LogP contribution in [0.2, 0.25) is 0 Å². The van der Waals surface area contributed by atoms with Gasteiger partial charge in [-0.25, -0.2) is 14.0 Å². The van der Waals surface area contributed by atoms with Gasteiger partial charge in [0.2, 0.25) is 0 Å². The maximum absolute atomic E-state index is 14.9. The largest absolute Gasteiger partial charge is 0.471 e. The summed E-state index contributed by atoms with van der Waals surface area (Å²) in [6.07, 6.45) is 0.475. The molecular formula is C22H27FN4O6. The number of hydrogen-bond donors (Lipinski definition) is 1. The molecule has 178 valence electrons. The van der Waals surface area contributed by atoms with Crippen LogP contribution in [0.15, 0.2) is 35.1 Å². The summed E-state index contributed by atoms with van der Waals surface area (Å²) in [5.41, 5.74) is 0.223. The van der Waals surface area contributed by atoms with E-state index in [1.165, 1.54) is 17.2 Å². The van der Waals surface area contributed by atoms with Gasteiger partial charge in [0.25, 0.3) is 5.88 Å². The first-order chi connectivity index (χ1) is 15.7. The Bertz CT molecular complexity index is 993. The third-order valence-electron chi connectivity index (χ3n) is 5.20. The van der Waals surface area contributed by atoms with Gasteiger partial charge in [0.05, 0.1) is 24.0 Å². The van der Waals surface area contributed by atoms with Crippen molar-refractivity contribution in [2.75, 3.05) is 36.0 Å². The minimum absolute atomic E-state index is 0.106. The number of hydrogen-bond acceptors (Lipinski definition) is 8. The zero-order chi connectivity index (χ0) is 23.6. The molecule has 0 saturated carbocycles. The summed E-state index contributed by atoms with van der Waals surface area (Å²) in [5, 5.41) is 6.46. The summed E-state index contributed by atoms with van der Waals surface area (Å²) in [5.74, 6) is -0.162. The molecule has 0 spiro atoms. The van der Waals surface area contributed by atoms with Crippen LogP contribution in [0.25, 0.3) is 0 Å². The van der Waals surface area contributed by atoms with Gasteiger partial charge in [0, 0.05) is 19.2 Å². The van der Waals surface area contributed by atoms with Crippen molar-refractivity contribution in [1.82, 2.24) is 10.5 Å². The minimum Gasteiger partial charge on any atom is -0.471 e. The molecule has 2 aromatic rings. The predicted molar refractivity (Wildman–Crippen MR) is 116 cm³/mol. The predicted octanol–water partition coefficient (Wildman–Crippen LogP) is 3.32. The number of benzene rings is 1. The van der Waals surface area contributed by atoms with Crippen LogP contribution in [-0.2, 0) is 9.47 Å². The summed E-state index contributed by atoms with van der Waals surface area (Å²) in [4.78, 5) is 27.5. The third kappa shape index (κ3) is 5.65. The molecule has 4 rings (SSSR count). The van der Waals surface area contributed by atoms with Crippen LogP contribution in [0.3, 0.4) is 0 Å². The van der Waals surface area contributed by atoms with Crippen molar-refractivity contribution in [3.05, 3.63) is 36.3 Å². The van der Waals surface area contributed by atoms with E-state index in [-0.39, 0.29) is 19.2 Å². The quantitative estimate of drug-likeness (QED) is 0.697. The lowest BCUT2D eigenvalue weighted by atomic mass is 10.2. The van der Waals surface area contributed by atoms with Crippen LogP contribution in [0, 0.1) is 5.82 Å². The maximum Gasteiger partial charge on any atom is 0.414 e. The lowest BCUT2D eigenvalue weighted by Gasteiger charge is -2.23. The van der Waals surface area contributed by atoms with Crippen molar-refractivity contribution in [2.24, 2.45) is 0 Å². The summed E-state index contributed by atoms with van der Waals surface area (Å²) < 4.78 is 35.6.